The SMILES string of the molecule is Cc1ccc(C)c(NS(=O)(=O)c2ccc(OCC(=O)Nc3ccc(C(N)=O)cc3)cc2)c1. The van der Waals surface area contributed by atoms with E-state index in [2.05, 4.69) is 10.0 Å². The summed E-state index contributed by atoms with van der Waals surface area (Å²) in [5, 5.41) is 2.63. The summed E-state index contributed by atoms with van der Waals surface area (Å²) in [6, 6.07) is 17.4. The highest BCUT2D eigenvalue weighted by Crippen LogP contribution is 2.22. The van der Waals surface area contributed by atoms with Crippen molar-refractivity contribution >= 4 is 33.2 Å². The molecule has 0 saturated carbocycles. The molecule has 0 fully saturated rings. The molecule has 0 spiro atoms. The summed E-state index contributed by atoms with van der Waals surface area (Å²) in [6.45, 7) is 3.44. The quantitative estimate of drug-likeness (QED) is 0.483. The number of nitrogens with two attached hydrogens (primary N) is 1. The number of amides is 2. The van der Waals surface area contributed by atoms with Gasteiger partial charge in [-0.3, -0.25) is 14.3 Å². The zero-order valence-corrected chi connectivity index (χ0v) is 18.4. The fraction of sp³-hybridized carbons (Fsp3) is 0.130. The van der Waals surface area contributed by atoms with Gasteiger partial charge in [-0.05, 0) is 79.6 Å². The number of hydrogen-bond acceptors (Lipinski definition) is 5. The number of sulfonamides is 1. The first kappa shape index (κ1) is 22.8. The maximum Gasteiger partial charge on any atom is 0.262 e. The average molecular weight is 454 g/mol. The number of benzene rings is 3. The number of carbonyl (C=O) groups excluding carboxylic acids is 2. The van der Waals surface area contributed by atoms with Gasteiger partial charge in [0.05, 0.1) is 10.6 Å². The van der Waals surface area contributed by atoms with Gasteiger partial charge in [0.2, 0.25) is 5.91 Å². The Bertz CT molecular complexity index is 1240. The van der Waals surface area contributed by atoms with Gasteiger partial charge >= 0.3 is 0 Å². The fourth-order valence-electron chi connectivity index (χ4n) is 2.83. The van der Waals surface area contributed by atoms with Gasteiger partial charge in [-0.25, -0.2) is 8.42 Å². The minimum absolute atomic E-state index is 0.0738. The summed E-state index contributed by atoms with van der Waals surface area (Å²) in [6.07, 6.45) is 0. The highest BCUT2D eigenvalue weighted by atomic mass is 32.2. The number of hydrogen-bond donors (Lipinski definition) is 3. The van der Waals surface area contributed by atoms with Gasteiger partial charge in [0.1, 0.15) is 5.75 Å². The zero-order valence-electron chi connectivity index (χ0n) is 17.6. The minimum Gasteiger partial charge on any atom is -0.484 e. The van der Waals surface area contributed by atoms with Crippen molar-refractivity contribution in [1.29, 1.82) is 0 Å². The molecule has 3 aromatic rings. The topological polar surface area (TPSA) is 128 Å². The lowest BCUT2D eigenvalue weighted by molar-refractivity contribution is -0.118. The highest BCUT2D eigenvalue weighted by Gasteiger charge is 2.16. The smallest absolute Gasteiger partial charge is 0.262 e. The Kier molecular flexibility index (Phi) is 6.79. The van der Waals surface area contributed by atoms with Crippen LogP contribution in [0, 0.1) is 13.8 Å². The molecule has 8 nitrogen and oxygen atoms in total. The number of nitrogens with one attached hydrogen (secondary N) is 2. The summed E-state index contributed by atoms with van der Waals surface area (Å²) < 4.78 is 33.3. The van der Waals surface area contributed by atoms with Gasteiger partial charge in [0.15, 0.2) is 6.61 Å². The maximum atomic E-state index is 12.7. The summed E-state index contributed by atoms with van der Waals surface area (Å²) in [4.78, 5) is 23.2. The van der Waals surface area contributed by atoms with E-state index in [-0.39, 0.29) is 11.5 Å². The van der Waals surface area contributed by atoms with Crippen LogP contribution >= 0.6 is 0 Å². The van der Waals surface area contributed by atoms with Crippen LogP contribution in [0.2, 0.25) is 0 Å². The van der Waals surface area contributed by atoms with Gasteiger partial charge in [-0.1, -0.05) is 12.1 Å². The van der Waals surface area contributed by atoms with Crippen LogP contribution in [-0.4, -0.2) is 26.8 Å². The van der Waals surface area contributed by atoms with E-state index >= 15 is 0 Å². The summed E-state index contributed by atoms with van der Waals surface area (Å²) >= 11 is 0. The Hall–Kier alpha value is -3.85. The molecule has 0 aliphatic carbocycles. The number of aryl methyl sites for hydroxylation is 2. The molecule has 32 heavy (non-hydrogen) atoms. The van der Waals surface area contributed by atoms with Gasteiger partial charge in [-0.2, -0.15) is 0 Å². The first-order valence-electron chi connectivity index (χ1n) is 9.67. The third-order valence-corrected chi connectivity index (χ3v) is 5.98. The molecule has 166 valence electrons. The number of rotatable bonds is 8. The van der Waals surface area contributed by atoms with Crippen LogP contribution in [0.4, 0.5) is 11.4 Å². The highest BCUT2D eigenvalue weighted by molar-refractivity contribution is 7.92. The normalized spacial score (nSPS) is 10.9. The first-order chi connectivity index (χ1) is 15.1. The van der Waals surface area contributed by atoms with Crippen molar-refractivity contribution in [3.63, 3.8) is 0 Å². The van der Waals surface area contributed by atoms with E-state index in [0.717, 1.165) is 11.1 Å². The Labute approximate surface area is 186 Å². The largest absolute Gasteiger partial charge is 0.484 e. The maximum absolute atomic E-state index is 12.7. The molecule has 0 atom stereocenters. The second kappa shape index (κ2) is 9.52. The Balaban J connectivity index is 1.58. The Morgan fingerprint density at radius 3 is 2.22 bits per heavy atom. The third kappa shape index (κ3) is 5.86. The summed E-state index contributed by atoms with van der Waals surface area (Å²) in [5.41, 5.74) is 8.28. The standard InChI is InChI=1S/C23H23N3O5S/c1-15-3-4-16(2)21(13-15)26-32(29,30)20-11-9-19(10-12-20)31-14-22(27)25-18-7-5-17(6-8-18)23(24)28/h3-13,26H,14H2,1-2H3,(H2,24,28)(H,25,27). The van der Waals surface area contributed by atoms with E-state index < -0.39 is 21.8 Å². The van der Waals surface area contributed by atoms with Crippen LogP contribution in [-0.2, 0) is 14.8 Å². The monoisotopic (exact) mass is 453 g/mol. The molecule has 2 amide bonds. The number of anilines is 2. The van der Waals surface area contributed by atoms with Gasteiger partial charge < -0.3 is 15.8 Å². The average Bonchev–Trinajstić information content (AvgIpc) is 2.75. The van der Waals surface area contributed by atoms with E-state index in [1.807, 2.05) is 26.0 Å². The molecule has 0 aliphatic rings. The van der Waals surface area contributed by atoms with Crippen molar-refractivity contribution in [1.82, 2.24) is 0 Å². The predicted molar refractivity (Wildman–Crippen MR) is 122 cm³/mol. The van der Waals surface area contributed by atoms with Crippen LogP contribution in [0.1, 0.15) is 21.5 Å². The molecule has 0 unspecified atom stereocenters. The van der Waals surface area contributed by atoms with Crippen molar-refractivity contribution in [2.75, 3.05) is 16.6 Å². The van der Waals surface area contributed by atoms with Gasteiger partial charge in [0, 0.05) is 11.3 Å². The molecule has 0 radical (unpaired) electrons. The van der Waals surface area contributed by atoms with Crippen LogP contribution < -0.4 is 20.5 Å². The van der Waals surface area contributed by atoms with E-state index in [4.69, 9.17) is 10.5 Å². The van der Waals surface area contributed by atoms with E-state index in [9.17, 15) is 18.0 Å². The Morgan fingerprint density at radius 2 is 1.59 bits per heavy atom. The molecule has 0 aromatic heterocycles. The predicted octanol–water partition coefficient (Wildman–Crippen LogP) is 3.22. The van der Waals surface area contributed by atoms with Gasteiger partial charge in [-0.15, -0.1) is 0 Å². The lowest BCUT2D eigenvalue weighted by Gasteiger charge is -2.12. The fourth-order valence-corrected chi connectivity index (χ4v) is 3.95. The second-order valence-electron chi connectivity index (χ2n) is 7.17. The van der Waals surface area contributed by atoms with Crippen LogP contribution in [0.25, 0.3) is 0 Å². The van der Waals surface area contributed by atoms with Gasteiger partial charge in [0.25, 0.3) is 15.9 Å². The first-order valence-corrected chi connectivity index (χ1v) is 11.1. The molecule has 0 heterocycles. The van der Waals surface area contributed by atoms with Crippen molar-refractivity contribution in [3.05, 3.63) is 83.4 Å². The van der Waals surface area contributed by atoms with Crippen molar-refractivity contribution in [3.8, 4) is 5.75 Å². The molecule has 4 N–H and O–H groups in total. The lowest BCUT2D eigenvalue weighted by Crippen LogP contribution is -2.20. The van der Waals surface area contributed by atoms with Crippen LogP contribution in [0.5, 0.6) is 5.75 Å². The molecular formula is C23H23N3O5S. The van der Waals surface area contributed by atoms with E-state index in [1.165, 1.54) is 36.4 Å². The number of carbonyl (C=O) groups is 2. The summed E-state index contributed by atoms with van der Waals surface area (Å²) in [7, 11) is -3.77. The zero-order chi connectivity index (χ0) is 23.3. The number of ether oxygens (including phenoxy) is 1. The number of primary amides is 1. The molecule has 0 bridgehead atoms. The van der Waals surface area contributed by atoms with Crippen LogP contribution in [0.15, 0.2) is 71.6 Å². The van der Waals surface area contributed by atoms with Crippen molar-refractivity contribution in [2.45, 2.75) is 18.7 Å². The van der Waals surface area contributed by atoms with Crippen molar-refractivity contribution < 1.29 is 22.7 Å². The molecule has 0 saturated heterocycles. The van der Waals surface area contributed by atoms with E-state index in [1.54, 1.807) is 18.2 Å². The van der Waals surface area contributed by atoms with Crippen LogP contribution in [0.3, 0.4) is 0 Å². The summed E-state index contributed by atoms with van der Waals surface area (Å²) in [5.74, 6) is -0.624. The molecule has 3 aromatic carbocycles. The molecule has 3 rings (SSSR count). The van der Waals surface area contributed by atoms with Crippen molar-refractivity contribution in [2.24, 2.45) is 5.73 Å². The molecular weight excluding hydrogens is 430 g/mol. The third-order valence-electron chi connectivity index (χ3n) is 4.59. The molecule has 0 aliphatic heterocycles. The minimum atomic E-state index is -3.77. The van der Waals surface area contributed by atoms with E-state index in [0.29, 0.717) is 22.7 Å². The lowest BCUT2D eigenvalue weighted by atomic mass is 10.1. The second-order valence-corrected chi connectivity index (χ2v) is 8.86. The molecule has 9 heteroatoms. The Morgan fingerprint density at radius 1 is 0.938 bits per heavy atom.